The molecule has 0 aliphatic carbocycles. The van der Waals surface area contributed by atoms with E-state index in [0.717, 1.165) is 29.0 Å². The van der Waals surface area contributed by atoms with Crippen molar-refractivity contribution < 1.29 is 85.3 Å². The third-order valence-electron chi connectivity index (χ3n) is 8.33. The van der Waals surface area contributed by atoms with Gasteiger partial charge in [0, 0.05) is 43.2 Å². The SMILES string of the molecule is CC(=O)Nc1ccc(C(=O)SCCNC(=O)CCNC(=O)C(O)C(C)(C)COP(=O)(O)OP(=O)(O)OCC2OC(n3cnc4c(N)ncnc43)C(O)C2OP(=O)(O)O)cc1N. The van der Waals surface area contributed by atoms with Gasteiger partial charge in [-0.3, -0.25) is 37.3 Å². The van der Waals surface area contributed by atoms with E-state index in [1.807, 2.05) is 0 Å². The number of hydrogen-bond donors (Lipinski definition) is 11. The van der Waals surface area contributed by atoms with Gasteiger partial charge in [0.25, 0.3) is 0 Å². The van der Waals surface area contributed by atoms with Gasteiger partial charge in [-0.2, -0.15) is 4.31 Å². The fourth-order valence-electron chi connectivity index (χ4n) is 5.35. The standard InChI is InChI=1S/C30H44N9O18P3S/c1-15(40)38-18-5-4-16(10-17(18)31)29(45)61-9-8-33-20(41)6-7-34-27(44)24(43)30(2,3)12-54-60(51,52)57-59(49,50)53-11-19-23(56-58(46,47)48)22(42)28(55-19)39-14-37-21-25(32)35-13-36-26(21)39/h4-5,10,13-14,19,22-24,28,42-43H,6-9,11-12,31H2,1-3H3,(H,33,41)(H,34,44)(H,38,40)(H,49,50)(H,51,52)(H2,32,35,36)(H2,46,47,48). The Morgan fingerprint density at radius 2 is 1.70 bits per heavy atom. The van der Waals surface area contributed by atoms with E-state index >= 15 is 0 Å². The maximum absolute atomic E-state index is 12.7. The van der Waals surface area contributed by atoms with E-state index in [1.54, 1.807) is 0 Å². The van der Waals surface area contributed by atoms with Gasteiger partial charge in [0.1, 0.15) is 36.3 Å². The fraction of sp³-hybridized carbons (Fsp3) is 0.500. The molecule has 61 heavy (non-hydrogen) atoms. The minimum atomic E-state index is -5.60. The van der Waals surface area contributed by atoms with Crippen molar-refractivity contribution in [3.05, 3.63) is 36.4 Å². The van der Waals surface area contributed by atoms with Crippen LogP contribution in [0.4, 0.5) is 17.2 Å². The molecule has 0 spiro atoms. The average Bonchev–Trinajstić information content (AvgIpc) is 3.71. The summed E-state index contributed by atoms with van der Waals surface area (Å²) in [6, 6.07) is 4.39. The van der Waals surface area contributed by atoms with Crippen LogP contribution < -0.4 is 27.4 Å². The number of aliphatic hydroxyl groups is 2. The summed E-state index contributed by atoms with van der Waals surface area (Å²) in [5, 5.41) is 28.6. The molecule has 7 unspecified atom stereocenters. The van der Waals surface area contributed by atoms with Crippen LogP contribution >= 0.6 is 35.2 Å². The molecule has 3 amide bonds. The van der Waals surface area contributed by atoms with Crippen LogP contribution in [-0.2, 0) is 50.7 Å². The minimum Gasteiger partial charge on any atom is -0.397 e. The number of nitrogens with two attached hydrogens (primary N) is 2. The number of nitrogens with zero attached hydrogens (tertiary/aromatic N) is 4. The number of carbonyl (C=O) groups excluding carboxylic acids is 4. The summed E-state index contributed by atoms with van der Waals surface area (Å²) in [5.41, 5.74) is 10.9. The van der Waals surface area contributed by atoms with Crippen LogP contribution in [0, 0.1) is 5.41 Å². The Balaban J connectivity index is 1.21. The molecule has 4 rings (SSSR count). The normalized spacial score (nSPS) is 20.7. The highest BCUT2D eigenvalue weighted by atomic mass is 32.2. The number of nitrogen functional groups attached to an aromatic ring is 2. The summed E-state index contributed by atoms with van der Waals surface area (Å²) in [6.45, 7) is 1.55. The number of carbonyl (C=O) groups is 4. The van der Waals surface area contributed by atoms with Crippen molar-refractivity contribution in [1.82, 2.24) is 30.2 Å². The van der Waals surface area contributed by atoms with Gasteiger partial charge in [0.2, 0.25) is 22.8 Å². The van der Waals surface area contributed by atoms with Crippen molar-refractivity contribution in [2.45, 2.75) is 57.8 Å². The zero-order valence-electron chi connectivity index (χ0n) is 32.3. The second-order valence-corrected chi connectivity index (χ2v) is 19.0. The monoisotopic (exact) mass is 943 g/mol. The van der Waals surface area contributed by atoms with Crippen molar-refractivity contribution in [3.8, 4) is 0 Å². The summed E-state index contributed by atoms with van der Waals surface area (Å²) in [7, 11) is -16.5. The van der Waals surface area contributed by atoms with Gasteiger partial charge in [-0.25, -0.2) is 28.6 Å². The van der Waals surface area contributed by atoms with E-state index < -0.39 is 84.6 Å². The Morgan fingerprint density at radius 1 is 1.02 bits per heavy atom. The largest absolute Gasteiger partial charge is 0.481 e. The van der Waals surface area contributed by atoms with Crippen molar-refractivity contribution >= 4 is 86.4 Å². The van der Waals surface area contributed by atoms with Crippen LogP contribution in [-0.4, -0.2) is 129 Å². The van der Waals surface area contributed by atoms with Crippen LogP contribution in [0.5, 0.6) is 0 Å². The molecule has 1 saturated heterocycles. The highest BCUT2D eigenvalue weighted by Gasteiger charge is 2.50. The smallest absolute Gasteiger partial charge is 0.397 e. The predicted molar refractivity (Wildman–Crippen MR) is 212 cm³/mol. The lowest BCUT2D eigenvalue weighted by molar-refractivity contribution is -0.137. The number of imidazole rings is 1. The summed E-state index contributed by atoms with van der Waals surface area (Å²) >= 11 is 0.909. The Morgan fingerprint density at radius 3 is 2.36 bits per heavy atom. The lowest BCUT2D eigenvalue weighted by atomic mass is 9.87. The van der Waals surface area contributed by atoms with Crippen molar-refractivity contribution in [1.29, 1.82) is 0 Å². The zero-order chi connectivity index (χ0) is 45.5. The number of aliphatic hydroxyl groups excluding tert-OH is 2. The molecule has 27 nitrogen and oxygen atoms in total. The number of benzene rings is 1. The Labute approximate surface area is 349 Å². The van der Waals surface area contributed by atoms with Gasteiger partial charge in [-0.05, 0) is 18.2 Å². The van der Waals surface area contributed by atoms with E-state index in [4.69, 9.17) is 25.3 Å². The molecule has 0 bridgehead atoms. The molecule has 3 aromatic rings. The number of hydrogen-bond acceptors (Lipinski definition) is 20. The third kappa shape index (κ3) is 14.3. The van der Waals surface area contributed by atoms with Crippen molar-refractivity contribution in [3.63, 3.8) is 0 Å². The fourth-order valence-corrected chi connectivity index (χ4v) is 8.86. The van der Waals surface area contributed by atoms with Crippen LogP contribution in [0.25, 0.3) is 11.2 Å². The minimum absolute atomic E-state index is 0.0202. The van der Waals surface area contributed by atoms with Gasteiger partial charge in [0.05, 0.1) is 30.9 Å². The summed E-state index contributed by atoms with van der Waals surface area (Å²) < 4.78 is 62.2. The molecular formula is C30H44N9O18P3S. The number of anilines is 3. The molecule has 0 radical (unpaired) electrons. The molecule has 1 fully saturated rings. The Kier molecular flexibility index (Phi) is 16.7. The quantitative estimate of drug-likeness (QED) is 0.0365. The number of phosphoric ester groups is 3. The lowest BCUT2D eigenvalue weighted by Gasteiger charge is -2.30. The number of fused-ring (bicyclic) bond motifs is 1. The van der Waals surface area contributed by atoms with E-state index in [9.17, 15) is 62.7 Å². The zero-order valence-corrected chi connectivity index (χ0v) is 35.8. The van der Waals surface area contributed by atoms with E-state index in [2.05, 4.69) is 39.7 Å². The van der Waals surface area contributed by atoms with Crippen LogP contribution in [0.3, 0.4) is 0 Å². The molecule has 2 aromatic heterocycles. The number of thioether (sulfide) groups is 1. The van der Waals surface area contributed by atoms with Crippen molar-refractivity contribution in [2.75, 3.05) is 48.8 Å². The maximum atomic E-state index is 12.7. The molecule has 1 aromatic carbocycles. The lowest BCUT2D eigenvalue weighted by Crippen LogP contribution is -2.46. The number of phosphoric acid groups is 3. The highest BCUT2D eigenvalue weighted by molar-refractivity contribution is 8.14. The second-order valence-electron chi connectivity index (χ2n) is 13.7. The van der Waals surface area contributed by atoms with Gasteiger partial charge >= 0.3 is 23.5 Å². The molecule has 7 atom stereocenters. The number of amides is 3. The summed E-state index contributed by atoms with van der Waals surface area (Å²) in [6.07, 6.45) is -7.09. The molecule has 13 N–H and O–H groups in total. The molecular weight excluding hydrogens is 899 g/mol. The maximum Gasteiger partial charge on any atom is 0.481 e. The number of ether oxygens (including phenoxy) is 1. The topological polar surface area (TPSA) is 419 Å². The number of nitrogens with one attached hydrogen (secondary N) is 3. The molecule has 31 heteroatoms. The molecule has 1 aliphatic rings. The molecule has 0 saturated carbocycles. The van der Waals surface area contributed by atoms with Crippen molar-refractivity contribution in [2.24, 2.45) is 5.41 Å². The third-order valence-corrected chi connectivity index (χ3v) is 12.3. The Hall–Kier alpha value is -3.95. The average molecular weight is 944 g/mol. The first kappa shape index (κ1) is 49.7. The van der Waals surface area contributed by atoms with Gasteiger partial charge in [-0.1, -0.05) is 25.6 Å². The Bertz CT molecular complexity index is 2250. The first-order valence-corrected chi connectivity index (χ1v) is 23.0. The second kappa shape index (κ2) is 20.5. The highest BCUT2D eigenvalue weighted by Crippen LogP contribution is 2.61. The van der Waals surface area contributed by atoms with Gasteiger partial charge in [0.15, 0.2) is 17.7 Å². The van der Waals surface area contributed by atoms with Gasteiger partial charge < -0.3 is 61.9 Å². The molecule has 338 valence electrons. The summed E-state index contributed by atoms with van der Waals surface area (Å²) in [4.78, 5) is 99.6. The predicted octanol–water partition coefficient (Wildman–Crippen LogP) is -0.481. The van der Waals surface area contributed by atoms with Gasteiger partial charge in [-0.15, -0.1) is 0 Å². The summed E-state index contributed by atoms with van der Waals surface area (Å²) in [5.74, 6) is -1.70. The first-order chi connectivity index (χ1) is 28.3. The first-order valence-electron chi connectivity index (χ1n) is 17.5. The van der Waals surface area contributed by atoms with Crippen LogP contribution in [0.1, 0.15) is 43.8 Å². The molecule has 1 aliphatic heterocycles. The number of rotatable bonds is 21. The van der Waals surface area contributed by atoms with E-state index in [1.165, 1.54) is 39.0 Å². The molecule has 3 heterocycles. The number of aromatic nitrogens is 4. The van der Waals surface area contributed by atoms with E-state index in [-0.39, 0.29) is 64.5 Å². The van der Waals surface area contributed by atoms with Crippen LogP contribution in [0.15, 0.2) is 30.9 Å². The van der Waals surface area contributed by atoms with Crippen LogP contribution in [0.2, 0.25) is 0 Å². The van der Waals surface area contributed by atoms with E-state index in [0.29, 0.717) is 5.69 Å².